The Labute approximate surface area is 160 Å². The molecular weight excluding hydrogens is 338 g/mol. The lowest BCUT2D eigenvalue weighted by atomic mass is 9.98. The van der Waals surface area contributed by atoms with E-state index in [0.717, 1.165) is 25.9 Å². The molecule has 1 aromatic heterocycles. The maximum Gasteiger partial charge on any atom is 0.274 e. The molecule has 0 saturated carbocycles. The van der Waals surface area contributed by atoms with Gasteiger partial charge >= 0.3 is 0 Å². The van der Waals surface area contributed by atoms with E-state index in [0.29, 0.717) is 23.1 Å². The van der Waals surface area contributed by atoms with Crippen LogP contribution in [-0.2, 0) is 0 Å². The second kappa shape index (κ2) is 8.33. The van der Waals surface area contributed by atoms with Crippen LogP contribution >= 0.6 is 0 Å². The van der Waals surface area contributed by atoms with Crippen molar-refractivity contribution in [3.8, 4) is 0 Å². The zero-order valence-corrected chi connectivity index (χ0v) is 16.2. The van der Waals surface area contributed by atoms with Gasteiger partial charge in [-0.25, -0.2) is 0 Å². The molecule has 2 heterocycles. The first-order chi connectivity index (χ1) is 12.9. The summed E-state index contributed by atoms with van der Waals surface area (Å²) in [5.41, 5.74) is 2.70. The molecule has 2 aromatic rings. The standard InChI is InChI=1S/C22H27N3O2/c1-15(2)17-4-6-19(7-5-17)24-21(26)20-14-18(8-11-23-20)22(27)25-12-9-16(3)10-13-25/h4-8,11,14-16H,9-10,12-13H2,1-3H3,(H,24,26). The third kappa shape index (κ3) is 4.73. The minimum Gasteiger partial charge on any atom is -0.339 e. The van der Waals surface area contributed by atoms with Gasteiger partial charge in [-0.3, -0.25) is 14.6 Å². The van der Waals surface area contributed by atoms with Crippen LogP contribution in [0.3, 0.4) is 0 Å². The van der Waals surface area contributed by atoms with Gasteiger partial charge < -0.3 is 10.2 Å². The normalized spacial score (nSPS) is 15.0. The molecule has 142 valence electrons. The number of nitrogens with one attached hydrogen (secondary N) is 1. The van der Waals surface area contributed by atoms with Gasteiger partial charge in [0.25, 0.3) is 11.8 Å². The van der Waals surface area contributed by atoms with E-state index in [1.165, 1.54) is 11.8 Å². The van der Waals surface area contributed by atoms with E-state index in [2.05, 4.69) is 31.1 Å². The number of amides is 2. The van der Waals surface area contributed by atoms with Gasteiger partial charge in [0.2, 0.25) is 0 Å². The average molecular weight is 365 g/mol. The minimum absolute atomic E-state index is 0.0281. The van der Waals surface area contributed by atoms with Gasteiger partial charge in [0.1, 0.15) is 5.69 Å². The molecule has 0 atom stereocenters. The molecule has 2 amide bonds. The lowest BCUT2D eigenvalue weighted by molar-refractivity contribution is 0.0697. The van der Waals surface area contributed by atoms with Crippen molar-refractivity contribution in [2.45, 2.75) is 39.5 Å². The lowest BCUT2D eigenvalue weighted by Gasteiger charge is -2.30. The molecule has 3 rings (SSSR count). The summed E-state index contributed by atoms with van der Waals surface area (Å²) in [4.78, 5) is 31.2. The van der Waals surface area contributed by atoms with Crippen molar-refractivity contribution in [1.29, 1.82) is 0 Å². The molecule has 27 heavy (non-hydrogen) atoms. The van der Waals surface area contributed by atoms with Crippen molar-refractivity contribution in [3.05, 3.63) is 59.4 Å². The van der Waals surface area contributed by atoms with Gasteiger partial charge in [0.05, 0.1) is 0 Å². The van der Waals surface area contributed by atoms with Gasteiger partial charge in [-0.2, -0.15) is 0 Å². The molecule has 1 aliphatic rings. The first-order valence-corrected chi connectivity index (χ1v) is 9.60. The summed E-state index contributed by atoms with van der Waals surface area (Å²) in [5, 5.41) is 2.85. The van der Waals surface area contributed by atoms with Crippen LogP contribution in [0.5, 0.6) is 0 Å². The van der Waals surface area contributed by atoms with Crippen molar-refractivity contribution >= 4 is 17.5 Å². The summed E-state index contributed by atoms with van der Waals surface area (Å²) in [6.07, 6.45) is 3.57. The van der Waals surface area contributed by atoms with Crippen LogP contribution in [0.1, 0.15) is 65.9 Å². The van der Waals surface area contributed by atoms with Gasteiger partial charge in [0.15, 0.2) is 0 Å². The maximum absolute atomic E-state index is 12.7. The number of likely N-dealkylation sites (tertiary alicyclic amines) is 1. The monoisotopic (exact) mass is 365 g/mol. The van der Waals surface area contributed by atoms with Crippen LogP contribution in [0.2, 0.25) is 0 Å². The lowest BCUT2D eigenvalue weighted by Crippen LogP contribution is -2.38. The summed E-state index contributed by atoms with van der Waals surface area (Å²) in [6, 6.07) is 11.0. The maximum atomic E-state index is 12.7. The van der Waals surface area contributed by atoms with Gasteiger partial charge in [-0.15, -0.1) is 0 Å². The molecule has 1 fully saturated rings. The molecule has 1 aromatic carbocycles. The number of hydrogen-bond donors (Lipinski definition) is 1. The Kier molecular flexibility index (Phi) is 5.89. The van der Waals surface area contributed by atoms with Crippen molar-refractivity contribution in [3.63, 3.8) is 0 Å². The fraction of sp³-hybridized carbons (Fsp3) is 0.409. The van der Waals surface area contributed by atoms with E-state index in [4.69, 9.17) is 0 Å². The molecule has 0 spiro atoms. The van der Waals surface area contributed by atoms with E-state index < -0.39 is 0 Å². The number of carbonyl (C=O) groups excluding carboxylic acids is 2. The van der Waals surface area contributed by atoms with E-state index >= 15 is 0 Å². The Balaban J connectivity index is 1.69. The van der Waals surface area contributed by atoms with Crippen LogP contribution in [0.25, 0.3) is 0 Å². The van der Waals surface area contributed by atoms with Crippen LogP contribution < -0.4 is 5.32 Å². The van der Waals surface area contributed by atoms with E-state index in [1.807, 2.05) is 29.2 Å². The van der Waals surface area contributed by atoms with Gasteiger partial charge in [-0.1, -0.05) is 32.9 Å². The Morgan fingerprint density at radius 2 is 1.78 bits per heavy atom. The highest BCUT2D eigenvalue weighted by Crippen LogP contribution is 2.19. The summed E-state index contributed by atoms with van der Waals surface area (Å²) < 4.78 is 0. The van der Waals surface area contributed by atoms with Crippen molar-refractivity contribution in [2.75, 3.05) is 18.4 Å². The zero-order valence-electron chi connectivity index (χ0n) is 16.2. The third-order valence-corrected chi connectivity index (χ3v) is 5.15. The molecule has 0 radical (unpaired) electrons. The SMILES string of the molecule is CC1CCN(C(=O)c2ccnc(C(=O)Nc3ccc(C(C)C)cc3)c2)CC1. The molecule has 1 aliphatic heterocycles. The predicted octanol–water partition coefficient (Wildman–Crippen LogP) is 4.33. The zero-order chi connectivity index (χ0) is 19.4. The number of pyridine rings is 1. The highest BCUT2D eigenvalue weighted by atomic mass is 16.2. The summed E-state index contributed by atoms with van der Waals surface area (Å²) in [5.74, 6) is 0.764. The highest BCUT2D eigenvalue weighted by molar-refractivity contribution is 6.04. The number of hydrogen-bond acceptors (Lipinski definition) is 3. The molecule has 1 saturated heterocycles. The number of anilines is 1. The molecule has 0 unspecified atom stereocenters. The summed E-state index contributed by atoms with van der Waals surface area (Å²) >= 11 is 0. The van der Waals surface area contributed by atoms with E-state index in [9.17, 15) is 9.59 Å². The van der Waals surface area contributed by atoms with Crippen molar-refractivity contribution in [2.24, 2.45) is 5.92 Å². The molecule has 5 heteroatoms. The van der Waals surface area contributed by atoms with Crippen LogP contribution in [0.15, 0.2) is 42.6 Å². The minimum atomic E-state index is -0.311. The van der Waals surface area contributed by atoms with Gasteiger partial charge in [-0.05, 0) is 54.5 Å². The molecule has 1 N–H and O–H groups in total. The van der Waals surface area contributed by atoms with Crippen LogP contribution in [-0.4, -0.2) is 34.8 Å². The van der Waals surface area contributed by atoms with Crippen molar-refractivity contribution < 1.29 is 9.59 Å². The smallest absolute Gasteiger partial charge is 0.274 e. The van der Waals surface area contributed by atoms with Crippen LogP contribution in [0.4, 0.5) is 5.69 Å². The first kappa shape index (κ1) is 19.1. The van der Waals surface area contributed by atoms with Gasteiger partial charge in [0, 0.05) is 30.5 Å². The van der Waals surface area contributed by atoms with Crippen molar-refractivity contribution in [1.82, 2.24) is 9.88 Å². The Hall–Kier alpha value is -2.69. The second-order valence-electron chi connectivity index (χ2n) is 7.64. The third-order valence-electron chi connectivity index (χ3n) is 5.15. The number of benzene rings is 1. The van der Waals surface area contributed by atoms with Crippen LogP contribution in [0, 0.1) is 5.92 Å². The number of piperidine rings is 1. The highest BCUT2D eigenvalue weighted by Gasteiger charge is 2.22. The number of rotatable bonds is 4. The first-order valence-electron chi connectivity index (χ1n) is 9.60. The predicted molar refractivity (Wildman–Crippen MR) is 107 cm³/mol. The quantitative estimate of drug-likeness (QED) is 0.877. The Morgan fingerprint density at radius 3 is 2.41 bits per heavy atom. The molecule has 0 bridgehead atoms. The number of aromatic nitrogens is 1. The summed E-state index contributed by atoms with van der Waals surface area (Å²) in [7, 11) is 0. The number of carbonyl (C=O) groups is 2. The fourth-order valence-corrected chi connectivity index (χ4v) is 3.23. The second-order valence-corrected chi connectivity index (χ2v) is 7.64. The summed E-state index contributed by atoms with van der Waals surface area (Å²) in [6.45, 7) is 8.01. The topological polar surface area (TPSA) is 62.3 Å². The average Bonchev–Trinajstić information content (AvgIpc) is 2.68. The largest absolute Gasteiger partial charge is 0.339 e. The Morgan fingerprint density at radius 1 is 1.11 bits per heavy atom. The number of nitrogens with zero attached hydrogens (tertiary/aromatic N) is 2. The molecular formula is C22H27N3O2. The Bertz CT molecular complexity index is 807. The van der Waals surface area contributed by atoms with E-state index in [-0.39, 0.29) is 17.5 Å². The fourth-order valence-electron chi connectivity index (χ4n) is 3.23. The molecule has 5 nitrogen and oxygen atoms in total. The van der Waals surface area contributed by atoms with E-state index in [1.54, 1.807) is 12.1 Å². The molecule has 0 aliphatic carbocycles.